The molecule has 2 nitrogen and oxygen atoms in total. The largest absolute Gasteiger partial charge is 0.507 e. The summed E-state index contributed by atoms with van der Waals surface area (Å²) in [6, 6.07) is 11.6. The Labute approximate surface area is 126 Å². The van der Waals surface area contributed by atoms with E-state index in [2.05, 4.69) is 13.2 Å². The van der Waals surface area contributed by atoms with Gasteiger partial charge in [-0.3, -0.25) is 0 Å². The molecule has 0 atom stereocenters. The van der Waals surface area contributed by atoms with E-state index in [1.807, 2.05) is 42.5 Å². The first kappa shape index (κ1) is 14.9. The fraction of sp³-hybridized carbons (Fsp3) is 0.158. The molecule has 0 saturated heterocycles. The topological polar surface area (TPSA) is 29.5 Å². The fourth-order valence-corrected chi connectivity index (χ4v) is 2.35. The third-order valence-electron chi connectivity index (χ3n) is 3.38. The Hall–Kier alpha value is -2.48. The average Bonchev–Trinajstić information content (AvgIpc) is 2.50. The van der Waals surface area contributed by atoms with E-state index in [0.717, 1.165) is 40.8 Å². The maximum Gasteiger partial charge on any atom is 0.126 e. The van der Waals surface area contributed by atoms with Gasteiger partial charge in [0, 0.05) is 11.1 Å². The number of phenolic OH excluding ortho intramolecular Hbond substituents is 1. The minimum Gasteiger partial charge on any atom is -0.507 e. The Morgan fingerprint density at radius 3 is 2.10 bits per heavy atom. The van der Waals surface area contributed by atoms with Crippen LogP contribution in [0.5, 0.6) is 11.5 Å². The van der Waals surface area contributed by atoms with Crippen LogP contribution in [0.3, 0.4) is 0 Å². The molecule has 2 rings (SSSR count). The van der Waals surface area contributed by atoms with Crippen molar-refractivity contribution in [2.24, 2.45) is 0 Å². The second-order valence-electron chi connectivity index (χ2n) is 4.87. The van der Waals surface area contributed by atoms with Crippen LogP contribution < -0.4 is 4.74 Å². The van der Waals surface area contributed by atoms with Crippen LogP contribution in [0.4, 0.5) is 0 Å². The minimum absolute atomic E-state index is 0.247. The van der Waals surface area contributed by atoms with Gasteiger partial charge in [0.05, 0.1) is 7.11 Å². The van der Waals surface area contributed by atoms with Crippen molar-refractivity contribution < 1.29 is 9.84 Å². The van der Waals surface area contributed by atoms with Crippen molar-refractivity contribution in [3.8, 4) is 22.6 Å². The molecule has 1 N–H and O–H groups in total. The number of methoxy groups -OCH3 is 1. The summed E-state index contributed by atoms with van der Waals surface area (Å²) in [7, 11) is 1.64. The van der Waals surface area contributed by atoms with E-state index >= 15 is 0 Å². The van der Waals surface area contributed by atoms with Gasteiger partial charge < -0.3 is 9.84 Å². The van der Waals surface area contributed by atoms with Gasteiger partial charge in [0.25, 0.3) is 0 Å². The Balaban J connectivity index is 2.57. The molecule has 0 aliphatic rings. The highest BCUT2D eigenvalue weighted by molar-refractivity contribution is 5.76. The van der Waals surface area contributed by atoms with Gasteiger partial charge >= 0.3 is 0 Å². The molecule has 2 aromatic rings. The lowest BCUT2D eigenvalue weighted by Gasteiger charge is -2.13. The first-order valence-electron chi connectivity index (χ1n) is 6.90. The molecule has 0 spiro atoms. The van der Waals surface area contributed by atoms with E-state index < -0.39 is 0 Å². The van der Waals surface area contributed by atoms with Gasteiger partial charge in [0.2, 0.25) is 0 Å². The van der Waals surface area contributed by atoms with E-state index in [4.69, 9.17) is 4.74 Å². The maximum absolute atomic E-state index is 10.2. The molecule has 0 unspecified atom stereocenters. The summed E-state index contributed by atoms with van der Waals surface area (Å²) in [5.41, 5.74) is 3.90. The summed E-state index contributed by atoms with van der Waals surface area (Å²) >= 11 is 0. The third kappa shape index (κ3) is 3.34. The molecule has 0 aliphatic heterocycles. The molecular weight excluding hydrogens is 260 g/mol. The highest BCUT2D eigenvalue weighted by atomic mass is 16.5. The van der Waals surface area contributed by atoms with Crippen molar-refractivity contribution in [1.29, 1.82) is 0 Å². The zero-order chi connectivity index (χ0) is 15.2. The molecule has 0 aliphatic carbocycles. The quantitative estimate of drug-likeness (QED) is 0.788. The molecule has 2 aromatic carbocycles. The van der Waals surface area contributed by atoms with Crippen LogP contribution in [0.25, 0.3) is 11.1 Å². The summed E-state index contributed by atoms with van der Waals surface area (Å²) in [5.74, 6) is 0.991. The van der Waals surface area contributed by atoms with Gasteiger partial charge in [-0.1, -0.05) is 24.3 Å². The van der Waals surface area contributed by atoms with Crippen molar-refractivity contribution in [1.82, 2.24) is 0 Å². The Bertz CT molecular complexity index is 657. The molecule has 21 heavy (non-hydrogen) atoms. The number of benzene rings is 2. The van der Waals surface area contributed by atoms with Crippen molar-refractivity contribution in [3.63, 3.8) is 0 Å². The average molecular weight is 280 g/mol. The van der Waals surface area contributed by atoms with E-state index in [-0.39, 0.29) is 5.75 Å². The third-order valence-corrected chi connectivity index (χ3v) is 3.38. The van der Waals surface area contributed by atoms with Crippen molar-refractivity contribution >= 4 is 0 Å². The molecule has 0 saturated carbocycles. The van der Waals surface area contributed by atoms with E-state index in [1.165, 1.54) is 0 Å². The van der Waals surface area contributed by atoms with Crippen LogP contribution in [0.15, 0.2) is 61.7 Å². The van der Waals surface area contributed by atoms with Crippen LogP contribution in [0.1, 0.15) is 11.1 Å². The van der Waals surface area contributed by atoms with Crippen LogP contribution in [-0.2, 0) is 12.8 Å². The summed E-state index contributed by atoms with van der Waals surface area (Å²) in [6.45, 7) is 7.52. The molecule has 2 heteroatoms. The summed E-state index contributed by atoms with van der Waals surface area (Å²) in [5, 5.41) is 10.2. The molecule has 0 aromatic heterocycles. The summed E-state index contributed by atoms with van der Waals surface area (Å²) in [6.07, 6.45) is 5.26. The molecule has 0 heterocycles. The van der Waals surface area contributed by atoms with Gasteiger partial charge in [-0.05, 0) is 48.2 Å². The predicted molar refractivity (Wildman–Crippen MR) is 87.9 cm³/mol. The SMILES string of the molecule is C=CCc1ccc(O)c(-c2cc(CC=C)ccc2OC)c1. The molecular formula is C19H20O2. The number of ether oxygens (including phenoxy) is 1. The van der Waals surface area contributed by atoms with Crippen molar-refractivity contribution in [2.75, 3.05) is 7.11 Å². The predicted octanol–water partition coefficient (Wildman–Crippen LogP) is 4.52. The van der Waals surface area contributed by atoms with Gasteiger partial charge in [0.1, 0.15) is 11.5 Å². The first-order chi connectivity index (χ1) is 10.2. The smallest absolute Gasteiger partial charge is 0.126 e. The zero-order valence-electron chi connectivity index (χ0n) is 12.3. The molecule has 108 valence electrons. The number of phenols is 1. The number of rotatable bonds is 6. The highest BCUT2D eigenvalue weighted by Crippen LogP contribution is 2.37. The normalized spacial score (nSPS) is 10.1. The molecule has 0 amide bonds. The lowest BCUT2D eigenvalue weighted by molar-refractivity contribution is 0.415. The Morgan fingerprint density at radius 2 is 1.52 bits per heavy atom. The maximum atomic E-state index is 10.2. The van der Waals surface area contributed by atoms with Crippen LogP contribution in [0.2, 0.25) is 0 Å². The second kappa shape index (κ2) is 6.80. The van der Waals surface area contributed by atoms with E-state index in [1.54, 1.807) is 13.2 Å². The lowest BCUT2D eigenvalue weighted by atomic mass is 9.97. The number of hydrogen-bond donors (Lipinski definition) is 1. The Kier molecular flexibility index (Phi) is 4.83. The van der Waals surface area contributed by atoms with Crippen molar-refractivity contribution in [2.45, 2.75) is 12.8 Å². The van der Waals surface area contributed by atoms with Gasteiger partial charge in [-0.15, -0.1) is 13.2 Å². The van der Waals surface area contributed by atoms with Crippen molar-refractivity contribution in [3.05, 3.63) is 72.8 Å². The molecule has 0 radical (unpaired) electrons. The number of aromatic hydroxyl groups is 1. The van der Waals surface area contributed by atoms with E-state index in [0.29, 0.717) is 0 Å². The number of allylic oxidation sites excluding steroid dienone is 2. The number of hydrogen-bond acceptors (Lipinski definition) is 2. The Morgan fingerprint density at radius 1 is 0.952 bits per heavy atom. The molecule has 0 fully saturated rings. The van der Waals surface area contributed by atoms with Crippen LogP contribution in [0, 0.1) is 0 Å². The monoisotopic (exact) mass is 280 g/mol. The molecule has 0 bridgehead atoms. The van der Waals surface area contributed by atoms with E-state index in [9.17, 15) is 5.11 Å². The second-order valence-corrected chi connectivity index (χ2v) is 4.87. The summed E-state index contributed by atoms with van der Waals surface area (Å²) < 4.78 is 5.43. The fourth-order valence-electron chi connectivity index (χ4n) is 2.35. The lowest BCUT2D eigenvalue weighted by Crippen LogP contribution is -1.92. The standard InChI is InChI=1S/C19H20O2/c1-4-6-14-8-10-18(20)16(12-14)17-13-15(7-5-2)9-11-19(17)21-3/h4-5,8-13,20H,1-2,6-7H2,3H3. The summed E-state index contributed by atoms with van der Waals surface area (Å²) in [4.78, 5) is 0. The highest BCUT2D eigenvalue weighted by Gasteiger charge is 2.11. The zero-order valence-corrected chi connectivity index (χ0v) is 12.3. The van der Waals surface area contributed by atoms with Gasteiger partial charge in [-0.25, -0.2) is 0 Å². The first-order valence-corrected chi connectivity index (χ1v) is 6.90. The van der Waals surface area contributed by atoms with Crippen LogP contribution >= 0.6 is 0 Å². The minimum atomic E-state index is 0.247. The van der Waals surface area contributed by atoms with Crippen LogP contribution in [-0.4, -0.2) is 12.2 Å². The van der Waals surface area contributed by atoms with Gasteiger partial charge in [-0.2, -0.15) is 0 Å². The van der Waals surface area contributed by atoms with Gasteiger partial charge in [0.15, 0.2) is 0 Å².